The van der Waals surface area contributed by atoms with Gasteiger partial charge in [0, 0.05) is 19.5 Å². The van der Waals surface area contributed by atoms with Crippen molar-refractivity contribution in [1.29, 1.82) is 0 Å². The van der Waals surface area contributed by atoms with E-state index in [4.69, 9.17) is 4.74 Å². The van der Waals surface area contributed by atoms with Gasteiger partial charge in [0.25, 0.3) is 0 Å². The van der Waals surface area contributed by atoms with Crippen LogP contribution in [-0.4, -0.2) is 42.1 Å². The van der Waals surface area contributed by atoms with E-state index in [9.17, 15) is 14.7 Å². The van der Waals surface area contributed by atoms with Crippen LogP contribution in [0.1, 0.15) is 38.2 Å². The van der Waals surface area contributed by atoms with Gasteiger partial charge in [-0.2, -0.15) is 0 Å². The third kappa shape index (κ3) is 3.24. The van der Waals surface area contributed by atoms with E-state index in [-0.39, 0.29) is 11.8 Å². The van der Waals surface area contributed by atoms with Crippen molar-refractivity contribution in [3.05, 3.63) is 29.8 Å². The summed E-state index contributed by atoms with van der Waals surface area (Å²) in [5.41, 5.74) is 0.183. The van der Waals surface area contributed by atoms with Crippen LogP contribution in [0.25, 0.3) is 0 Å². The highest BCUT2D eigenvalue weighted by molar-refractivity contribution is 5.81. The summed E-state index contributed by atoms with van der Waals surface area (Å²) < 4.78 is 5.34. The summed E-state index contributed by atoms with van der Waals surface area (Å²) in [7, 11) is 1.62. The second kappa shape index (κ2) is 6.38. The minimum absolute atomic E-state index is 0.00313. The number of carboxylic acid groups (broad SMARTS) is 1. The van der Waals surface area contributed by atoms with E-state index < -0.39 is 11.4 Å². The highest BCUT2D eigenvalue weighted by Crippen LogP contribution is 2.33. The van der Waals surface area contributed by atoms with Crippen LogP contribution in [0.5, 0.6) is 5.75 Å². The first-order valence-electron chi connectivity index (χ1n) is 7.51. The van der Waals surface area contributed by atoms with E-state index in [0.717, 1.165) is 11.3 Å². The van der Waals surface area contributed by atoms with Crippen molar-refractivity contribution >= 4 is 11.9 Å². The number of para-hydroxylation sites is 1. The van der Waals surface area contributed by atoms with Gasteiger partial charge in [-0.1, -0.05) is 25.1 Å². The number of hydrogen-bond donors (Lipinski definition) is 1. The maximum Gasteiger partial charge on any atom is 0.311 e. The molecule has 120 valence electrons. The first kappa shape index (κ1) is 16.3. The number of aliphatic carboxylic acids is 1. The second-order valence-electron chi connectivity index (χ2n) is 6.28. The Labute approximate surface area is 130 Å². The van der Waals surface area contributed by atoms with Gasteiger partial charge in [0.2, 0.25) is 5.91 Å². The molecule has 1 amide bonds. The average Bonchev–Trinajstić information content (AvgIpc) is 2.91. The molecule has 0 aromatic heterocycles. The van der Waals surface area contributed by atoms with E-state index in [1.807, 2.05) is 31.2 Å². The number of rotatable bonds is 5. The number of amides is 1. The zero-order chi connectivity index (χ0) is 16.3. The molecular weight excluding hydrogens is 282 g/mol. The molecule has 0 spiro atoms. The van der Waals surface area contributed by atoms with Crippen LogP contribution in [0.2, 0.25) is 0 Å². The number of carbonyl (C=O) groups is 2. The number of hydrogen-bond acceptors (Lipinski definition) is 3. The lowest BCUT2D eigenvalue weighted by atomic mass is 9.90. The topological polar surface area (TPSA) is 66.8 Å². The number of nitrogens with zero attached hydrogens (tertiary/aromatic N) is 1. The Hall–Kier alpha value is -2.04. The molecule has 0 unspecified atom stereocenters. The quantitative estimate of drug-likeness (QED) is 0.907. The fraction of sp³-hybridized carbons (Fsp3) is 0.529. The zero-order valence-electron chi connectivity index (χ0n) is 13.3. The monoisotopic (exact) mass is 305 g/mol. The third-order valence-electron chi connectivity index (χ3n) is 4.49. The fourth-order valence-electron chi connectivity index (χ4n) is 2.92. The molecule has 1 aromatic carbocycles. The molecule has 0 bridgehead atoms. The normalized spacial score (nSPS) is 22.4. The van der Waals surface area contributed by atoms with Crippen LogP contribution in [0.3, 0.4) is 0 Å². The first-order chi connectivity index (χ1) is 10.4. The van der Waals surface area contributed by atoms with Crippen LogP contribution < -0.4 is 4.74 Å². The second-order valence-corrected chi connectivity index (χ2v) is 6.28. The molecule has 2 atom stereocenters. The summed E-state index contributed by atoms with van der Waals surface area (Å²) in [5, 5.41) is 9.25. The van der Waals surface area contributed by atoms with Crippen molar-refractivity contribution in [1.82, 2.24) is 4.90 Å². The van der Waals surface area contributed by atoms with Crippen molar-refractivity contribution in [3.63, 3.8) is 0 Å². The maximum absolute atomic E-state index is 12.4. The lowest BCUT2D eigenvalue weighted by molar-refractivity contribution is -0.147. The molecule has 0 saturated carbocycles. The summed E-state index contributed by atoms with van der Waals surface area (Å²) in [6.45, 7) is 4.49. The molecule has 1 aromatic rings. The van der Waals surface area contributed by atoms with Crippen molar-refractivity contribution in [2.24, 2.45) is 5.41 Å². The summed E-state index contributed by atoms with van der Waals surface area (Å²) in [6, 6.07) is 7.67. The van der Waals surface area contributed by atoms with E-state index in [1.165, 1.54) is 0 Å². The molecule has 1 fully saturated rings. The van der Waals surface area contributed by atoms with Gasteiger partial charge in [0.1, 0.15) is 5.75 Å². The van der Waals surface area contributed by atoms with Crippen molar-refractivity contribution < 1.29 is 19.4 Å². The fourth-order valence-corrected chi connectivity index (χ4v) is 2.92. The van der Waals surface area contributed by atoms with Crippen molar-refractivity contribution in [2.45, 2.75) is 32.6 Å². The highest BCUT2D eigenvalue weighted by Gasteiger charge is 2.42. The Morgan fingerprint density at radius 2 is 2.09 bits per heavy atom. The standard InChI is InChI=1S/C17H23NO4/c1-12(13-6-4-5-7-14(13)22-3)10-15(19)18-9-8-17(2,11-18)16(20)21/h4-7,12H,8-11H2,1-3H3,(H,20,21)/t12-,17-/m0/s1. The summed E-state index contributed by atoms with van der Waals surface area (Å²) >= 11 is 0. The number of benzene rings is 1. The van der Waals surface area contributed by atoms with Crippen LogP contribution in [0.4, 0.5) is 0 Å². The molecule has 1 aliphatic rings. The summed E-state index contributed by atoms with van der Waals surface area (Å²) in [5.74, 6) is -0.0242. The number of methoxy groups -OCH3 is 1. The Morgan fingerprint density at radius 1 is 1.41 bits per heavy atom. The smallest absolute Gasteiger partial charge is 0.311 e. The van der Waals surface area contributed by atoms with Crippen LogP contribution >= 0.6 is 0 Å². The molecule has 1 heterocycles. The predicted octanol–water partition coefficient (Wildman–Crippen LogP) is 2.51. The minimum atomic E-state index is -0.833. The zero-order valence-corrected chi connectivity index (χ0v) is 13.3. The molecule has 0 aliphatic carbocycles. The van der Waals surface area contributed by atoms with Gasteiger partial charge in [0.05, 0.1) is 12.5 Å². The average molecular weight is 305 g/mol. The molecule has 22 heavy (non-hydrogen) atoms. The molecule has 5 nitrogen and oxygen atoms in total. The first-order valence-corrected chi connectivity index (χ1v) is 7.51. The number of ether oxygens (including phenoxy) is 1. The van der Waals surface area contributed by atoms with E-state index in [2.05, 4.69) is 0 Å². The van der Waals surface area contributed by atoms with Crippen LogP contribution in [0.15, 0.2) is 24.3 Å². The molecule has 1 N–H and O–H groups in total. The Morgan fingerprint density at radius 3 is 2.68 bits per heavy atom. The highest BCUT2D eigenvalue weighted by atomic mass is 16.5. The van der Waals surface area contributed by atoms with Crippen molar-refractivity contribution in [2.75, 3.05) is 20.2 Å². The van der Waals surface area contributed by atoms with Gasteiger partial charge in [-0.3, -0.25) is 9.59 Å². The number of carbonyl (C=O) groups excluding carboxylic acids is 1. The minimum Gasteiger partial charge on any atom is -0.496 e. The van der Waals surface area contributed by atoms with Crippen molar-refractivity contribution in [3.8, 4) is 5.75 Å². The third-order valence-corrected chi connectivity index (χ3v) is 4.49. The number of likely N-dealkylation sites (tertiary alicyclic amines) is 1. The van der Waals surface area contributed by atoms with E-state index >= 15 is 0 Å². The van der Waals surface area contributed by atoms with Gasteiger partial charge in [-0.15, -0.1) is 0 Å². The Bertz CT molecular complexity index is 572. The molecule has 0 radical (unpaired) electrons. The lowest BCUT2D eigenvalue weighted by Crippen LogP contribution is -2.35. The van der Waals surface area contributed by atoms with E-state index in [0.29, 0.717) is 25.9 Å². The Balaban J connectivity index is 2.02. The van der Waals surface area contributed by atoms with Gasteiger partial charge in [0.15, 0.2) is 0 Å². The predicted molar refractivity (Wildman–Crippen MR) is 83.0 cm³/mol. The molecule has 1 saturated heterocycles. The van der Waals surface area contributed by atoms with Crippen LogP contribution in [0, 0.1) is 5.41 Å². The van der Waals surface area contributed by atoms with Gasteiger partial charge in [-0.25, -0.2) is 0 Å². The van der Waals surface area contributed by atoms with Gasteiger partial charge >= 0.3 is 5.97 Å². The number of carboxylic acids is 1. The lowest BCUT2D eigenvalue weighted by Gasteiger charge is -2.22. The van der Waals surface area contributed by atoms with Gasteiger partial charge in [-0.05, 0) is 30.9 Å². The largest absolute Gasteiger partial charge is 0.496 e. The summed E-state index contributed by atoms with van der Waals surface area (Å²) in [4.78, 5) is 25.4. The van der Waals surface area contributed by atoms with E-state index in [1.54, 1.807) is 18.9 Å². The maximum atomic E-state index is 12.4. The molecule has 2 rings (SSSR count). The molecule has 5 heteroatoms. The SMILES string of the molecule is COc1ccccc1[C@@H](C)CC(=O)N1CC[C@](C)(C(=O)O)C1. The molecule has 1 aliphatic heterocycles. The molecular formula is C17H23NO4. The van der Waals surface area contributed by atoms with Gasteiger partial charge < -0.3 is 14.7 Å². The Kier molecular flexibility index (Phi) is 4.74. The van der Waals surface area contributed by atoms with Crippen LogP contribution in [-0.2, 0) is 9.59 Å². The summed E-state index contributed by atoms with van der Waals surface area (Å²) in [6.07, 6.45) is 0.868.